The summed E-state index contributed by atoms with van der Waals surface area (Å²) in [7, 11) is 2.88. The molecule has 4 aromatic rings. The average molecular weight is 499 g/mol. The lowest BCUT2D eigenvalue weighted by molar-refractivity contribution is -0.122. The maximum absolute atomic E-state index is 13.0. The molecule has 182 valence electrons. The van der Waals surface area contributed by atoms with Gasteiger partial charge in [-0.15, -0.1) is 0 Å². The number of fused-ring (bicyclic) bond motifs is 2. The van der Waals surface area contributed by atoms with Crippen molar-refractivity contribution < 1.29 is 14.0 Å². The van der Waals surface area contributed by atoms with Crippen molar-refractivity contribution in [3.05, 3.63) is 62.6 Å². The van der Waals surface area contributed by atoms with E-state index < -0.39 is 17.2 Å². The summed E-state index contributed by atoms with van der Waals surface area (Å²) < 4.78 is 10.3. The van der Waals surface area contributed by atoms with Crippen LogP contribution in [0.2, 0.25) is 0 Å². The van der Waals surface area contributed by atoms with E-state index in [0.29, 0.717) is 23.1 Å². The zero-order valence-corrected chi connectivity index (χ0v) is 19.8. The maximum atomic E-state index is 13.0. The van der Waals surface area contributed by atoms with Crippen LogP contribution in [0.1, 0.15) is 17.0 Å². The number of hydrogen-bond acceptors (Lipinski definition) is 8. The van der Waals surface area contributed by atoms with Crippen molar-refractivity contribution in [3.63, 3.8) is 0 Å². The van der Waals surface area contributed by atoms with Gasteiger partial charge in [-0.05, 0) is 12.1 Å². The number of hydrogen-bond donors (Lipinski definition) is 2. The van der Waals surface area contributed by atoms with Crippen molar-refractivity contribution in [3.8, 4) is 0 Å². The van der Waals surface area contributed by atoms with Crippen LogP contribution in [0.4, 0.5) is 5.82 Å². The highest BCUT2D eigenvalue weighted by atomic mass is 32.2. The number of furan rings is 1. The standard InChI is InChI=1S/C21H22N8O5S/c1-26-19-17(20(32)27(2)21(26)33)28(11-23-19)7-16(31)24-18-13-9-35-10-14(13)25-29(18)8-15(30)22-6-12-4-3-5-34-12/h3-5,11H,6-10H2,1-2H3,(H,22,30)(H,24,31). The summed E-state index contributed by atoms with van der Waals surface area (Å²) in [5.74, 6) is 1.73. The lowest BCUT2D eigenvalue weighted by Crippen LogP contribution is -2.37. The fourth-order valence-electron chi connectivity index (χ4n) is 3.95. The van der Waals surface area contributed by atoms with Gasteiger partial charge in [0.05, 0.1) is 24.8 Å². The molecule has 0 fully saturated rings. The zero-order valence-electron chi connectivity index (χ0n) is 19.0. The lowest BCUT2D eigenvalue weighted by atomic mass is 10.3. The van der Waals surface area contributed by atoms with Gasteiger partial charge in [0.25, 0.3) is 5.56 Å². The van der Waals surface area contributed by atoms with Gasteiger partial charge in [0.15, 0.2) is 11.2 Å². The topological polar surface area (TPSA) is 151 Å². The minimum atomic E-state index is -0.538. The van der Waals surface area contributed by atoms with Crippen LogP contribution in [0.15, 0.2) is 38.7 Å². The summed E-state index contributed by atoms with van der Waals surface area (Å²) in [6, 6.07) is 3.50. The fourth-order valence-corrected chi connectivity index (χ4v) is 4.99. The van der Waals surface area contributed by atoms with Crippen LogP contribution in [0, 0.1) is 0 Å². The first-order chi connectivity index (χ1) is 16.8. The molecule has 0 saturated carbocycles. The summed E-state index contributed by atoms with van der Waals surface area (Å²) in [4.78, 5) is 54.4. The highest BCUT2D eigenvalue weighted by Crippen LogP contribution is 2.34. The summed E-state index contributed by atoms with van der Waals surface area (Å²) >= 11 is 1.67. The first kappa shape index (κ1) is 22.7. The van der Waals surface area contributed by atoms with Crippen LogP contribution >= 0.6 is 11.8 Å². The SMILES string of the molecule is Cn1c(=O)c2c(ncn2CC(=O)Nc2c3c(nn2CC(=O)NCc2ccco2)CSC3)n(C)c1=O. The smallest absolute Gasteiger partial charge is 0.332 e. The number of aryl methyl sites for hydroxylation is 1. The Hall–Kier alpha value is -4.07. The Morgan fingerprint density at radius 1 is 1.14 bits per heavy atom. The minimum absolute atomic E-state index is 0.0787. The first-order valence-corrected chi connectivity index (χ1v) is 11.8. The normalized spacial score (nSPS) is 12.7. The van der Waals surface area contributed by atoms with E-state index in [1.165, 1.54) is 40.5 Å². The van der Waals surface area contributed by atoms with Gasteiger partial charge in [-0.2, -0.15) is 16.9 Å². The second kappa shape index (κ2) is 8.94. The fraction of sp³-hybridized carbons (Fsp3) is 0.333. The second-order valence-electron chi connectivity index (χ2n) is 8.08. The number of nitrogens with zero attached hydrogens (tertiary/aromatic N) is 6. The molecule has 0 saturated heterocycles. The van der Waals surface area contributed by atoms with Gasteiger partial charge in [0.2, 0.25) is 11.8 Å². The van der Waals surface area contributed by atoms with Gasteiger partial charge in [-0.25, -0.2) is 14.5 Å². The molecule has 2 N–H and O–H groups in total. The molecule has 13 nitrogen and oxygen atoms in total. The Morgan fingerprint density at radius 2 is 1.97 bits per heavy atom. The van der Waals surface area contributed by atoms with Gasteiger partial charge in [0, 0.05) is 31.2 Å². The highest BCUT2D eigenvalue weighted by Gasteiger charge is 2.25. The van der Waals surface area contributed by atoms with E-state index in [2.05, 4.69) is 20.7 Å². The van der Waals surface area contributed by atoms with Crippen molar-refractivity contribution in [2.45, 2.75) is 31.1 Å². The van der Waals surface area contributed by atoms with Crippen LogP contribution < -0.4 is 21.9 Å². The number of carbonyl (C=O) groups is 2. The molecule has 0 spiro atoms. The van der Waals surface area contributed by atoms with Gasteiger partial charge in [0.1, 0.15) is 24.7 Å². The molecular weight excluding hydrogens is 476 g/mol. The van der Waals surface area contributed by atoms with E-state index in [0.717, 1.165) is 15.8 Å². The van der Waals surface area contributed by atoms with E-state index in [1.807, 2.05) is 0 Å². The van der Waals surface area contributed by atoms with E-state index in [-0.39, 0.29) is 36.7 Å². The zero-order chi connectivity index (χ0) is 24.7. The van der Waals surface area contributed by atoms with Gasteiger partial charge >= 0.3 is 5.69 Å². The van der Waals surface area contributed by atoms with Gasteiger partial charge < -0.3 is 19.6 Å². The Kier molecular flexibility index (Phi) is 5.80. The Bertz CT molecular complexity index is 1560. The van der Waals surface area contributed by atoms with Crippen LogP contribution in [-0.2, 0) is 54.8 Å². The molecule has 2 amide bonds. The molecular formula is C21H22N8O5S. The predicted molar refractivity (Wildman–Crippen MR) is 127 cm³/mol. The van der Waals surface area contributed by atoms with E-state index in [4.69, 9.17) is 4.42 Å². The molecule has 35 heavy (non-hydrogen) atoms. The quantitative estimate of drug-likeness (QED) is 0.359. The largest absolute Gasteiger partial charge is 0.467 e. The Morgan fingerprint density at radius 3 is 2.74 bits per heavy atom. The van der Waals surface area contributed by atoms with Crippen LogP contribution in [-0.4, -0.2) is 40.3 Å². The third-order valence-electron chi connectivity index (χ3n) is 5.74. The average Bonchev–Trinajstić information content (AvgIpc) is 3.62. The minimum Gasteiger partial charge on any atom is -0.467 e. The molecule has 0 aromatic carbocycles. The number of nitrogens with one attached hydrogen (secondary N) is 2. The molecule has 5 heterocycles. The van der Waals surface area contributed by atoms with Crippen LogP contribution in [0.25, 0.3) is 11.2 Å². The van der Waals surface area contributed by atoms with Crippen LogP contribution in [0.3, 0.4) is 0 Å². The van der Waals surface area contributed by atoms with Crippen molar-refractivity contribution in [2.75, 3.05) is 5.32 Å². The van der Waals surface area contributed by atoms with E-state index in [1.54, 1.807) is 23.9 Å². The molecule has 0 unspecified atom stereocenters. The van der Waals surface area contributed by atoms with E-state index >= 15 is 0 Å². The van der Waals surface area contributed by atoms with Crippen molar-refractivity contribution in [1.29, 1.82) is 0 Å². The molecule has 14 heteroatoms. The predicted octanol–water partition coefficient (Wildman–Crippen LogP) is -0.0749. The molecule has 1 aliphatic heterocycles. The number of rotatable bonds is 7. The first-order valence-electron chi connectivity index (χ1n) is 10.7. The number of amides is 2. The van der Waals surface area contributed by atoms with Gasteiger partial charge in [-0.3, -0.25) is 23.5 Å². The third-order valence-corrected chi connectivity index (χ3v) is 6.71. The Labute approximate surface area is 201 Å². The van der Waals surface area contributed by atoms with Crippen molar-refractivity contribution in [2.24, 2.45) is 14.1 Å². The van der Waals surface area contributed by atoms with E-state index in [9.17, 15) is 19.2 Å². The van der Waals surface area contributed by atoms with Crippen LogP contribution in [0.5, 0.6) is 0 Å². The van der Waals surface area contributed by atoms with Gasteiger partial charge in [-0.1, -0.05) is 0 Å². The lowest BCUT2D eigenvalue weighted by Gasteiger charge is -2.12. The number of aromatic nitrogens is 6. The molecule has 0 radical (unpaired) electrons. The van der Waals surface area contributed by atoms with Crippen molar-refractivity contribution in [1.82, 2.24) is 33.8 Å². The maximum Gasteiger partial charge on any atom is 0.332 e. The highest BCUT2D eigenvalue weighted by molar-refractivity contribution is 7.98. The molecule has 4 aromatic heterocycles. The number of anilines is 1. The number of thioether (sulfide) groups is 1. The monoisotopic (exact) mass is 498 g/mol. The summed E-state index contributed by atoms with van der Waals surface area (Å²) in [5, 5.41) is 10.1. The molecule has 0 atom stereocenters. The number of carbonyl (C=O) groups excluding carboxylic acids is 2. The molecule has 0 bridgehead atoms. The third kappa shape index (κ3) is 4.16. The van der Waals surface area contributed by atoms with Crippen molar-refractivity contribution >= 4 is 40.6 Å². The molecule has 1 aliphatic rings. The molecule has 0 aliphatic carbocycles. The number of imidazole rings is 1. The summed E-state index contributed by atoms with van der Waals surface area (Å²) in [6.07, 6.45) is 2.88. The Balaban J connectivity index is 1.36. The molecule has 5 rings (SSSR count). The second-order valence-corrected chi connectivity index (χ2v) is 9.06. The summed E-state index contributed by atoms with van der Waals surface area (Å²) in [6.45, 7) is -0.0398. The summed E-state index contributed by atoms with van der Waals surface area (Å²) in [5.41, 5.74) is 0.998.